The van der Waals surface area contributed by atoms with Gasteiger partial charge in [-0.15, -0.1) is 0 Å². The van der Waals surface area contributed by atoms with Gasteiger partial charge in [0.2, 0.25) is 5.91 Å². The van der Waals surface area contributed by atoms with Gasteiger partial charge in [-0.2, -0.15) is 0 Å². The molecular formula is C16H21BrFN3O. The number of carbonyl (C=O) groups excluding carboxylic acids is 1. The maximum Gasteiger partial charge on any atom is 0.238 e. The number of benzene rings is 1. The van der Waals surface area contributed by atoms with E-state index < -0.39 is 5.82 Å². The number of nitrogens with two attached hydrogens (primary N) is 1. The number of nitrogens with zero attached hydrogens (tertiary/aromatic N) is 1. The van der Waals surface area contributed by atoms with Crippen molar-refractivity contribution in [2.75, 3.05) is 25.0 Å². The predicted molar refractivity (Wildman–Crippen MR) is 88.0 cm³/mol. The molecule has 1 aromatic carbocycles. The summed E-state index contributed by atoms with van der Waals surface area (Å²) >= 11 is 3.20. The lowest BCUT2D eigenvalue weighted by Gasteiger charge is -2.29. The Morgan fingerprint density at radius 2 is 2.23 bits per heavy atom. The fourth-order valence-electron chi connectivity index (χ4n) is 3.72. The standard InChI is InChI=1S/C16H21BrFN3O/c17-11-4-5-15(13(18)6-11)20-16(22)9-21-7-10-2-1-3-14(19)12(10)8-21/h4-6,10,12,14H,1-3,7-9,19H2,(H,20,22). The lowest BCUT2D eigenvalue weighted by Crippen LogP contribution is -2.38. The smallest absolute Gasteiger partial charge is 0.238 e. The summed E-state index contributed by atoms with van der Waals surface area (Å²) in [7, 11) is 0. The van der Waals surface area contributed by atoms with Gasteiger partial charge in [0.15, 0.2) is 0 Å². The summed E-state index contributed by atoms with van der Waals surface area (Å²) in [6.45, 7) is 2.10. The van der Waals surface area contributed by atoms with E-state index in [0.717, 1.165) is 19.5 Å². The average molecular weight is 370 g/mol. The minimum Gasteiger partial charge on any atom is -0.327 e. The van der Waals surface area contributed by atoms with E-state index in [1.807, 2.05) is 0 Å². The molecule has 2 fully saturated rings. The van der Waals surface area contributed by atoms with Crippen LogP contribution in [-0.2, 0) is 4.79 Å². The third kappa shape index (κ3) is 3.50. The van der Waals surface area contributed by atoms with Gasteiger partial charge in [-0.3, -0.25) is 9.69 Å². The van der Waals surface area contributed by atoms with Gasteiger partial charge in [-0.05, 0) is 42.9 Å². The Labute approximate surface area is 138 Å². The molecule has 22 heavy (non-hydrogen) atoms. The molecule has 1 saturated heterocycles. The van der Waals surface area contributed by atoms with Crippen LogP contribution in [0.2, 0.25) is 0 Å². The summed E-state index contributed by atoms with van der Waals surface area (Å²) in [6, 6.07) is 4.88. The van der Waals surface area contributed by atoms with Gasteiger partial charge in [-0.1, -0.05) is 22.4 Å². The average Bonchev–Trinajstić information content (AvgIpc) is 2.86. The third-order valence-corrected chi connectivity index (χ3v) is 5.30. The van der Waals surface area contributed by atoms with Crippen LogP contribution >= 0.6 is 15.9 Å². The van der Waals surface area contributed by atoms with E-state index in [9.17, 15) is 9.18 Å². The van der Waals surface area contributed by atoms with Gasteiger partial charge in [0.1, 0.15) is 5.82 Å². The molecule has 3 rings (SSSR count). The zero-order chi connectivity index (χ0) is 15.7. The summed E-state index contributed by atoms with van der Waals surface area (Å²) in [4.78, 5) is 14.3. The SMILES string of the molecule is NC1CCCC2CN(CC(=O)Nc3ccc(Br)cc3F)CC12. The molecule has 0 spiro atoms. The number of likely N-dealkylation sites (tertiary alicyclic amines) is 1. The molecule has 0 radical (unpaired) electrons. The first-order valence-corrected chi connectivity index (χ1v) is 8.55. The Morgan fingerprint density at radius 3 is 2.95 bits per heavy atom. The number of halogens is 2. The van der Waals surface area contributed by atoms with Gasteiger partial charge in [0.05, 0.1) is 12.2 Å². The zero-order valence-electron chi connectivity index (χ0n) is 12.4. The van der Waals surface area contributed by atoms with Gasteiger partial charge in [-0.25, -0.2) is 4.39 Å². The molecule has 1 heterocycles. The molecule has 0 aromatic heterocycles. The monoisotopic (exact) mass is 369 g/mol. The van der Waals surface area contributed by atoms with Crippen LogP contribution < -0.4 is 11.1 Å². The molecule has 120 valence electrons. The molecule has 1 saturated carbocycles. The quantitative estimate of drug-likeness (QED) is 0.860. The fraction of sp³-hybridized carbons (Fsp3) is 0.562. The van der Waals surface area contributed by atoms with Crippen LogP contribution in [0.15, 0.2) is 22.7 Å². The fourth-order valence-corrected chi connectivity index (χ4v) is 4.05. The van der Waals surface area contributed by atoms with E-state index in [2.05, 4.69) is 26.1 Å². The second-order valence-electron chi connectivity index (χ2n) is 6.39. The third-order valence-electron chi connectivity index (χ3n) is 4.80. The summed E-state index contributed by atoms with van der Waals surface area (Å²) in [6.07, 6.45) is 3.48. The Hall–Kier alpha value is -0.980. The maximum atomic E-state index is 13.7. The van der Waals surface area contributed by atoms with Gasteiger partial charge < -0.3 is 11.1 Å². The van der Waals surface area contributed by atoms with Crippen molar-refractivity contribution in [2.45, 2.75) is 25.3 Å². The van der Waals surface area contributed by atoms with Crippen molar-refractivity contribution >= 4 is 27.5 Å². The highest BCUT2D eigenvalue weighted by molar-refractivity contribution is 9.10. The van der Waals surface area contributed by atoms with Gasteiger partial charge in [0, 0.05) is 23.6 Å². The molecular weight excluding hydrogens is 349 g/mol. The Bertz CT molecular complexity index is 568. The van der Waals surface area contributed by atoms with Crippen molar-refractivity contribution in [1.29, 1.82) is 0 Å². The lowest BCUT2D eigenvalue weighted by atomic mass is 9.78. The molecule has 3 N–H and O–H groups in total. The number of anilines is 1. The van der Waals surface area contributed by atoms with Crippen molar-refractivity contribution < 1.29 is 9.18 Å². The van der Waals surface area contributed by atoms with E-state index in [1.54, 1.807) is 12.1 Å². The van der Waals surface area contributed by atoms with Crippen molar-refractivity contribution in [3.8, 4) is 0 Å². The minimum atomic E-state index is -0.431. The first kappa shape index (κ1) is 15.9. The molecule has 3 atom stereocenters. The normalized spacial score (nSPS) is 28.4. The van der Waals surface area contributed by atoms with Crippen LogP contribution in [0.4, 0.5) is 10.1 Å². The molecule has 1 aliphatic heterocycles. The first-order valence-electron chi connectivity index (χ1n) is 7.76. The predicted octanol–water partition coefficient (Wildman–Crippen LogP) is 2.59. The van der Waals surface area contributed by atoms with Crippen LogP contribution in [0.25, 0.3) is 0 Å². The Balaban J connectivity index is 1.56. The number of carbonyl (C=O) groups is 1. The van der Waals surface area contributed by atoms with Crippen LogP contribution in [0, 0.1) is 17.7 Å². The number of nitrogens with one attached hydrogen (secondary N) is 1. The van der Waals surface area contributed by atoms with Crippen molar-refractivity contribution in [1.82, 2.24) is 4.90 Å². The van der Waals surface area contributed by atoms with E-state index in [-0.39, 0.29) is 17.6 Å². The second kappa shape index (κ2) is 6.64. The molecule has 1 amide bonds. The Kier molecular flexibility index (Phi) is 4.80. The van der Waals surface area contributed by atoms with E-state index in [1.165, 1.54) is 18.9 Å². The zero-order valence-corrected chi connectivity index (χ0v) is 14.0. The largest absolute Gasteiger partial charge is 0.327 e. The van der Waals surface area contributed by atoms with E-state index in [4.69, 9.17) is 5.73 Å². The highest BCUT2D eigenvalue weighted by Gasteiger charge is 2.38. The maximum absolute atomic E-state index is 13.7. The van der Waals surface area contributed by atoms with Crippen LogP contribution in [0.3, 0.4) is 0 Å². The van der Waals surface area contributed by atoms with Crippen LogP contribution in [-0.4, -0.2) is 36.5 Å². The molecule has 1 aromatic rings. The van der Waals surface area contributed by atoms with Gasteiger partial charge >= 0.3 is 0 Å². The molecule has 0 bridgehead atoms. The van der Waals surface area contributed by atoms with Crippen molar-refractivity contribution in [3.63, 3.8) is 0 Å². The molecule has 6 heteroatoms. The summed E-state index contributed by atoms with van der Waals surface area (Å²) in [5.74, 6) is 0.514. The van der Waals surface area contributed by atoms with Crippen LogP contribution in [0.1, 0.15) is 19.3 Å². The minimum absolute atomic E-state index is 0.173. The number of fused-ring (bicyclic) bond motifs is 1. The van der Waals surface area contributed by atoms with E-state index >= 15 is 0 Å². The van der Waals surface area contributed by atoms with Gasteiger partial charge in [0.25, 0.3) is 0 Å². The summed E-state index contributed by atoms with van der Waals surface area (Å²) in [5.41, 5.74) is 6.41. The van der Waals surface area contributed by atoms with Crippen molar-refractivity contribution in [3.05, 3.63) is 28.5 Å². The molecule has 4 nitrogen and oxygen atoms in total. The number of hydrogen-bond donors (Lipinski definition) is 2. The summed E-state index contributed by atoms with van der Waals surface area (Å²) in [5, 5.41) is 2.65. The Morgan fingerprint density at radius 1 is 1.41 bits per heavy atom. The first-order chi connectivity index (χ1) is 10.5. The highest BCUT2D eigenvalue weighted by Crippen LogP contribution is 2.35. The summed E-state index contributed by atoms with van der Waals surface area (Å²) < 4.78 is 14.4. The second-order valence-corrected chi connectivity index (χ2v) is 7.30. The molecule has 2 aliphatic rings. The lowest BCUT2D eigenvalue weighted by molar-refractivity contribution is -0.117. The van der Waals surface area contributed by atoms with Crippen LogP contribution in [0.5, 0.6) is 0 Å². The number of hydrogen-bond acceptors (Lipinski definition) is 3. The van der Waals surface area contributed by atoms with E-state index in [0.29, 0.717) is 22.9 Å². The number of amides is 1. The highest BCUT2D eigenvalue weighted by atomic mass is 79.9. The molecule has 1 aliphatic carbocycles. The van der Waals surface area contributed by atoms with Crippen molar-refractivity contribution in [2.24, 2.45) is 17.6 Å². The number of rotatable bonds is 3. The topological polar surface area (TPSA) is 58.4 Å². The molecule has 3 unspecified atom stereocenters.